The highest BCUT2D eigenvalue weighted by Gasteiger charge is 2.21. The van der Waals surface area contributed by atoms with Gasteiger partial charge in [0, 0.05) is 18.3 Å². The molecule has 2 aromatic rings. The minimum Gasteiger partial charge on any atom is -0.465 e. The van der Waals surface area contributed by atoms with Crippen molar-refractivity contribution in [3.05, 3.63) is 60.1 Å². The van der Waals surface area contributed by atoms with E-state index in [1.807, 2.05) is 12.1 Å². The van der Waals surface area contributed by atoms with E-state index >= 15 is 0 Å². The number of cyclic esters (lactones) is 1. The summed E-state index contributed by atoms with van der Waals surface area (Å²) in [5.74, 6) is 0.380. The van der Waals surface area contributed by atoms with Crippen molar-refractivity contribution in [1.29, 1.82) is 0 Å². The van der Waals surface area contributed by atoms with E-state index in [4.69, 9.17) is 9.15 Å². The van der Waals surface area contributed by atoms with E-state index < -0.39 is 0 Å². The van der Waals surface area contributed by atoms with E-state index in [1.165, 1.54) is 6.08 Å². The average molecular weight is 312 g/mol. The van der Waals surface area contributed by atoms with Gasteiger partial charge in [-0.1, -0.05) is 12.1 Å². The summed E-state index contributed by atoms with van der Waals surface area (Å²) in [7, 11) is 0. The van der Waals surface area contributed by atoms with Gasteiger partial charge in [-0.05, 0) is 35.9 Å². The lowest BCUT2D eigenvalue weighted by molar-refractivity contribution is -0.111. The molecule has 6 nitrogen and oxygen atoms in total. The first-order chi connectivity index (χ1) is 11.2. The molecule has 23 heavy (non-hydrogen) atoms. The van der Waals surface area contributed by atoms with E-state index in [1.54, 1.807) is 41.5 Å². The summed E-state index contributed by atoms with van der Waals surface area (Å²) in [6, 6.07) is 10.9. The van der Waals surface area contributed by atoms with Crippen LogP contribution in [-0.2, 0) is 16.1 Å². The van der Waals surface area contributed by atoms with Crippen molar-refractivity contribution in [2.45, 2.75) is 6.54 Å². The second-order valence-corrected chi connectivity index (χ2v) is 5.07. The standard InChI is InChI=1S/C17H16N2O4/c20-16(8-7-15-2-1-10-22-15)18-14-5-3-13(4-6-14)12-19-9-11-23-17(19)21/h1-8,10H,9,11-12H2,(H,18,20). The van der Waals surface area contributed by atoms with Crippen LogP contribution in [0.15, 0.2) is 53.2 Å². The quantitative estimate of drug-likeness (QED) is 0.862. The number of nitrogens with zero attached hydrogens (tertiary/aromatic N) is 1. The molecule has 1 aliphatic rings. The second kappa shape index (κ2) is 6.83. The van der Waals surface area contributed by atoms with E-state index in [9.17, 15) is 9.59 Å². The molecule has 0 unspecified atom stereocenters. The number of carbonyl (C=O) groups is 2. The molecule has 0 bridgehead atoms. The zero-order chi connectivity index (χ0) is 16.1. The molecule has 0 radical (unpaired) electrons. The Bertz CT molecular complexity index is 705. The first-order valence-electron chi connectivity index (χ1n) is 7.24. The third-order valence-corrected chi connectivity index (χ3v) is 3.38. The summed E-state index contributed by atoms with van der Waals surface area (Å²) in [5.41, 5.74) is 1.67. The molecule has 2 amide bonds. The number of hydrogen-bond donors (Lipinski definition) is 1. The van der Waals surface area contributed by atoms with Crippen molar-refractivity contribution in [2.24, 2.45) is 0 Å². The Morgan fingerprint density at radius 1 is 1.26 bits per heavy atom. The molecule has 1 aromatic carbocycles. The third kappa shape index (κ3) is 4.00. The van der Waals surface area contributed by atoms with Crippen LogP contribution < -0.4 is 5.32 Å². The predicted octanol–water partition coefficient (Wildman–Crippen LogP) is 2.88. The fourth-order valence-electron chi connectivity index (χ4n) is 2.21. The summed E-state index contributed by atoms with van der Waals surface area (Å²) in [6.45, 7) is 1.55. The maximum atomic E-state index is 11.8. The monoisotopic (exact) mass is 312 g/mol. The number of ether oxygens (including phenoxy) is 1. The van der Waals surface area contributed by atoms with Crippen LogP contribution in [0.5, 0.6) is 0 Å². The summed E-state index contributed by atoms with van der Waals surface area (Å²) in [5, 5.41) is 2.76. The van der Waals surface area contributed by atoms with Crippen LogP contribution in [0.3, 0.4) is 0 Å². The summed E-state index contributed by atoms with van der Waals surface area (Å²) in [4.78, 5) is 24.8. The summed E-state index contributed by atoms with van der Waals surface area (Å²) in [6.07, 6.45) is 4.27. The van der Waals surface area contributed by atoms with Crippen molar-refractivity contribution in [3.8, 4) is 0 Å². The van der Waals surface area contributed by atoms with E-state index in [2.05, 4.69) is 5.32 Å². The van der Waals surface area contributed by atoms with E-state index in [-0.39, 0.29) is 12.0 Å². The number of carbonyl (C=O) groups excluding carboxylic acids is 2. The van der Waals surface area contributed by atoms with Crippen molar-refractivity contribution < 1.29 is 18.7 Å². The molecule has 6 heteroatoms. The molecule has 0 saturated carbocycles. The lowest BCUT2D eigenvalue weighted by atomic mass is 10.2. The molecule has 0 aliphatic carbocycles. The number of anilines is 1. The third-order valence-electron chi connectivity index (χ3n) is 3.38. The molecule has 0 atom stereocenters. The van der Waals surface area contributed by atoms with Crippen LogP contribution in [0, 0.1) is 0 Å². The Kier molecular flexibility index (Phi) is 4.42. The van der Waals surface area contributed by atoms with Gasteiger partial charge in [0.25, 0.3) is 0 Å². The normalized spacial score (nSPS) is 14.3. The molecular weight excluding hydrogens is 296 g/mol. The van der Waals surface area contributed by atoms with Gasteiger partial charge in [-0.2, -0.15) is 0 Å². The van der Waals surface area contributed by atoms with Crippen molar-refractivity contribution in [2.75, 3.05) is 18.5 Å². The van der Waals surface area contributed by atoms with Crippen LogP contribution in [0.4, 0.5) is 10.5 Å². The molecule has 1 aliphatic heterocycles. The fraction of sp³-hybridized carbons (Fsp3) is 0.176. The minimum absolute atomic E-state index is 0.239. The number of rotatable bonds is 5. The Morgan fingerprint density at radius 3 is 2.74 bits per heavy atom. The van der Waals surface area contributed by atoms with Gasteiger partial charge in [0.2, 0.25) is 5.91 Å². The first-order valence-corrected chi connectivity index (χ1v) is 7.24. The topological polar surface area (TPSA) is 71.8 Å². The minimum atomic E-state index is -0.287. The smallest absolute Gasteiger partial charge is 0.410 e. The Morgan fingerprint density at radius 2 is 2.09 bits per heavy atom. The lowest BCUT2D eigenvalue weighted by Crippen LogP contribution is -2.23. The van der Waals surface area contributed by atoms with Crippen LogP contribution in [-0.4, -0.2) is 30.1 Å². The summed E-state index contributed by atoms with van der Waals surface area (Å²) < 4.78 is 10.00. The molecule has 3 rings (SSSR count). The molecule has 2 heterocycles. The Hall–Kier alpha value is -3.02. The molecule has 0 spiro atoms. The van der Waals surface area contributed by atoms with Gasteiger partial charge in [0.15, 0.2) is 0 Å². The number of hydrogen-bond acceptors (Lipinski definition) is 4. The van der Waals surface area contributed by atoms with Gasteiger partial charge < -0.3 is 19.4 Å². The maximum Gasteiger partial charge on any atom is 0.410 e. The van der Waals surface area contributed by atoms with Crippen LogP contribution in [0.25, 0.3) is 6.08 Å². The SMILES string of the molecule is O=C(C=Cc1ccco1)Nc1ccc(CN2CCOC2=O)cc1. The molecule has 1 saturated heterocycles. The number of amides is 2. The Balaban J connectivity index is 1.54. The largest absolute Gasteiger partial charge is 0.465 e. The highest BCUT2D eigenvalue weighted by molar-refractivity contribution is 6.01. The van der Waals surface area contributed by atoms with Crippen LogP contribution in [0.1, 0.15) is 11.3 Å². The van der Waals surface area contributed by atoms with Gasteiger partial charge in [0.1, 0.15) is 12.4 Å². The zero-order valence-electron chi connectivity index (χ0n) is 12.4. The fourth-order valence-corrected chi connectivity index (χ4v) is 2.21. The van der Waals surface area contributed by atoms with Gasteiger partial charge in [0.05, 0.1) is 12.8 Å². The summed E-state index contributed by atoms with van der Waals surface area (Å²) >= 11 is 0. The lowest BCUT2D eigenvalue weighted by Gasteiger charge is -2.12. The molecular formula is C17H16N2O4. The van der Waals surface area contributed by atoms with Gasteiger partial charge >= 0.3 is 6.09 Å². The molecule has 118 valence electrons. The van der Waals surface area contributed by atoms with Gasteiger partial charge in [-0.15, -0.1) is 0 Å². The molecule has 1 aromatic heterocycles. The molecule has 1 fully saturated rings. The van der Waals surface area contributed by atoms with Crippen LogP contribution in [0.2, 0.25) is 0 Å². The highest BCUT2D eigenvalue weighted by atomic mass is 16.6. The first kappa shape index (κ1) is 14.9. The number of nitrogens with one attached hydrogen (secondary N) is 1. The van der Waals surface area contributed by atoms with Gasteiger partial charge in [-0.3, -0.25) is 4.79 Å². The Labute approximate surface area is 133 Å². The number of benzene rings is 1. The zero-order valence-corrected chi connectivity index (χ0v) is 12.4. The maximum absolute atomic E-state index is 11.8. The van der Waals surface area contributed by atoms with E-state index in [0.29, 0.717) is 31.1 Å². The highest BCUT2D eigenvalue weighted by Crippen LogP contribution is 2.14. The van der Waals surface area contributed by atoms with Crippen molar-refractivity contribution >= 4 is 23.8 Å². The van der Waals surface area contributed by atoms with Crippen LogP contribution >= 0.6 is 0 Å². The van der Waals surface area contributed by atoms with E-state index in [0.717, 1.165) is 5.56 Å². The van der Waals surface area contributed by atoms with Gasteiger partial charge in [-0.25, -0.2) is 4.79 Å². The van der Waals surface area contributed by atoms with Crippen molar-refractivity contribution in [1.82, 2.24) is 4.90 Å². The number of furan rings is 1. The second-order valence-electron chi connectivity index (χ2n) is 5.07. The average Bonchev–Trinajstić information content (AvgIpc) is 3.20. The van der Waals surface area contributed by atoms with Crippen molar-refractivity contribution in [3.63, 3.8) is 0 Å². The molecule has 1 N–H and O–H groups in total. The predicted molar refractivity (Wildman–Crippen MR) is 84.6 cm³/mol.